The van der Waals surface area contributed by atoms with Crippen LogP contribution in [0.5, 0.6) is 5.75 Å². The Bertz CT molecular complexity index is 1020. The van der Waals surface area contributed by atoms with E-state index in [2.05, 4.69) is 10.3 Å². The van der Waals surface area contributed by atoms with E-state index >= 15 is 0 Å². The second-order valence-corrected chi connectivity index (χ2v) is 7.15. The van der Waals surface area contributed by atoms with Crippen LogP contribution in [0, 0.1) is 6.92 Å². The third kappa shape index (κ3) is 3.41. The van der Waals surface area contributed by atoms with Crippen molar-refractivity contribution in [3.63, 3.8) is 0 Å². The second kappa shape index (κ2) is 7.52. The van der Waals surface area contributed by atoms with E-state index in [4.69, 9.17) is 16.3 Å². The largest absolute Gasteiger partial charge is 0.497 e. The first kappa shape index (κ1) is 18.3. The first-order valence-electron chi connectivity index (χ1n) is 8.98. The summed E-state index contributed by atoms with van der Waals surface area (Å²) < 4.78 is 5.22. The van der Waals surface area contributed by atoms with Crippen molar-refractivity contribution in [1.29, 1.82) is 0 Å². The fourth-order valence-corrected chi connectivity index (χ4v) is 3.65. The van der Waals surface area contributed by atoms with Gasteiger partial charge >= 0.3 is 0 Å². The maximum Gasteiger partial charge on any atom is 0.258 e. The van der Waals surface area contributed by atoms with Crippen molar-refractivity contribution in [1.82, 2.24) is 9.88 Å². The Morgan fingerprint density at radius 3 is 2.68 bits per heavy atom. The van der Waals surface area contributed by atoms with Crippen molar-refractivity contribution in [2.24, 2.45) is 0 Å². The van der Waals surface area contributed by atoms with Crippen molar-refractivity contribution in [3.8, 4) is 5.75 Å². The van der Waals surface area contributed by atoms with Crippen LogP contribution in [0.3, 0.4) is 0 Å². The molecule has 142 valence electrons. The molecule has 0 fully saturated rings. The zero-order valence-electron chi connectivity index (χ0n) is 15.6. The number of ether oxygens (including phenoxy) is 1. The van der Waals surface area contributed by atoms with Gasteiger partial charge in [-0.05, 0) is 54.4 Å². The summed E-state index contributed by atoms with van der Waals surface area (Å²) in [6, 6.07) is 17.1. The van der Waals surface area contributed by atoms with E-state index in [-0.39, 0.29) is 5.91 Å². The molecule has 0 saturated carbocycles. The first-order valence-corrected chi connectivity index (χ1v) is 9.36. The fourth-order valence-electron chi connectivity index (χ4n) is 3.36. The average Bonchev–Trinajstić information content (AvgIpc) is 2.96. The van der Waals surface area contributed by atoms with Gasteiger partial charge in [-0.3, -0.25) is 9.78 Å². The zero-order valence-corrected chi connectivity index (χ0v) is 16.4. The van der Waals surface area contributed by atoms with Gasteiger partial charge in [0.2, 0.25) is 0 Å². The number of nitrogens with one attached hydrogen (secondary N) is 1. The Hall–Kier alpha value is -3.05. The maximum absolute atomic E-state index is 13.1. The molecule has 0 bridgehead atoms. The molecule has 2 heterocycles. The Morgan fingerprint density at radius 1 is 1.18 bits per heavy atom. The number of anilines is 1. The summed E-state index contributed by atoms with van der Waals surface area (Å²) in [7, 11) is 1.63. The SMILES string of the molecule is COc1ccc(CN2C(=O)c3cccnc3[C@@H]2Nc2ccc(C)cc2Cl)cc1. The molecule has 0 radical (unpaired) electrons. The number of hydrogen-bond donors (Lipinski definition) is 1. The Kier molecular flexibility index (Phi) is 4.92. The fraction of sp³-hybridized carbons (Fsp3) is 0.182. The van der Waals surface area contributed by atoms with Crippen LogP contribution in [-0.2, 0) is 6.54 Å². The zero-order chi connectivity index (χ0) is 19.7. The van der Waals surface area contributed by atoms with E-state index in [1.54, 1.807) is 24.3 Å². The number of halogens is 1. The number of methoxy groups -OCH3 is 1. The van der Waals surface area contributed by atoms with Crippen LogP contribution in [0.25, 0.3) is 0 Å². The number of carbonyl (C=O) groups excluding carboxylic acids is 1. The Labute approximate surface area is 168 Å². The van der Waals surface area contributed by atoms with Crippen molar-refractivity contribution in [2.75, 3.05) is 12.4 Å². The molecule has 0 saturated heterocycles. The van der Waals surface area contributed by atoms with Crippen molar-refractivity contribution >= 4 is 23.2 Å². The summed E-state index contributed by atoms with van der Waals surface area (Å²) in [5, 5.41) is 4.01. The van der Waals surface area contributed by atoms with E-state index in [0.717, 1.165) is 22.6 Å². The minimum atomic E-state index is -0.397. The molecule has 1 N–H and O–H groups in total. The summed E-state index contributed by atoms with van der Waals surface area (Å²) in [4.78, 5) is 19.3. The molecular formula is C22H20ClN3O2. The van der Waals surface area contributed by atoms with Crippen molar-refractivity contribution < 1.29 is 9.53 Å². The average molecular weight is 394 g/mol. The number of carbonyl (C=O) groups is 1. The lowest BCUT2D eigenvalue weighted by Gasteiger charge is -2.27. The normalized spacial score (nSPS) is 15.5. The molecular weight excluding hydrogens is 374 g/mol. The molecule has 2 aromatic carbocycles. The lowest BCUT2D eigenvalue weighted by molar-refractivity contribution is 0.0728. The predicted molar refractivity (Wildman–Crippen MR) is 110 cm³/mol. The molecule has 0 spiro atoms. The van der Waals surface area contributed by atoms with Crippen LogP contribution in [0.1, 0.15) is 33.3 Å². The summed E-state index contributed by atoms with van der Waals surface area (Å²) in [6.07, 6.45) is 1.31. The number of amides is 1. The summed E-state index contributed by atoms with van der Waals surface area (Å²) in [5.41, 5.74) is 4.16. The van der Waals surface area contributed by atoms with Crippen LogP contribution < -0.4 is 10.1 Å². The number of rotatable bonds is 5. The van der Waals surface area contributed by atoms with Gasteiger partial charge in [-0.15, -0.1) is 0 Å². The van der Waals surface area contributed by atoms with E-state index in [1.165, 1.54) is 0 Å². The Balaban J connectivity index is 1.67. The van der Waals surface area contributed by atoms with E-state index in [9.17, 15) is 4.79 Å². The number of benzene rings is 2. The number of aromatic nitrogens is 1. The molecule has 1 atom stereocenters. The first-order chi connectivity index (χ1) is 13.6. The van der Waals surface area contributed by atoms with Crippen molar-refractivity contribution in [3.05, 3.63) is 88.2 Å². The molecule has 28 heavy (non-hydrogen) atoms. The third-order valence-electron chi connectivity index (χ3n) is 4.83. The van der Waals surface area contributed by atoms with Gasteiger partial charge in [0.05, 0.1) is 29.1 Å². The quantitative estimate of drug-likeness (QED) is 0.675. The molecule has 0 aliphatic carbocycles. The van der Waals surface area contributed by atoms with Gasteiger partial charge in [0.1, 0.15) is 11.9 Å². The van der Waals surface area contributed by atoms with Gasteiger partial charge in [-0.1, -0.05) is 29.8 Å². The highest BCUT2D eigenvalue weighted by molar-refractivity contribution is 6.33. The summed E-state index contributed by atoms with van der Waals surface area (Å²) in [6.45, 7) is 2.43. The minimum absolute atomic E-state index is 0.0559. The Morgan fingerprint density at radius 2 is 1.96 bits per heavy atom. The lowest BCUT2D eigenvalue weighted by Crippen LogP contribution is -2.32. The summed E-state index contributed by atoms with van der Waals surface area (Å²) in [5.74, 6) is 0.724. The van der Waals surface area contributed by atoms with Gasteiger partial charge in [-0.25, -0.2) is 0 Å². The van der Waals surface area contributed by atoms with Crippen molar-refractivity contribution in [2.45, 2.75) is 19.6 Å². The van der Waals surface area contributed by atoms with Gasteiger partial charge in [0.15, 0.2) is 0 Å². The third-order valence-corrected chi connectivity index (χ3v) is 5.14. The number of pyridine rings is 1. The molecule has 6 heteroatoms. The molecule has 0 unspecified atom stereocenters. The number of fused-ring (bicyclic) bond motifs is 1. The van der Waals surface area contributed by atoms with Crippen LogP contribution in [0.15, 0.2) is 60.8 Å². The minimum Gasteiger partial charge on any atom is -0.497 e. The molecule has 3 aromatic rings. The van der Waals surface area contributed by atoms with Gasteiger partial charge < -0.3 is 15.0 Å². The van der Waals surface area contributed by atoms with E-state index < -0.39 is 6.17 Å². The molecule has 5 nitrogen and oxygen atoms in total. The van der Waals surface area contributed by atoms with Crippen LogP contribution in [0.4, 0.5) is 5.69 Å². The highest BCUT2D eigenvalue weighted by atomic mass is 35.5. The predicted octanol–water partition coefficient (Wildman–Crippen LogP) is 4.82. The number of hydrogen-bond acceptors (Lipinski definition) is 4. The maximum atomic E-state index is 13.1. The topological polar surface area (TPSA) is 54.5 Å². The van der Waals surface area contributed by atoms with Crippen LogP contribution >= 0.6 is 11.6 Å². The summed E-state index contributed by atoms with van der Waals surface area (Å²) >= 11 is 6.41. The molecule has 1 aromatic heterocycles. The van der Waals surface area contributed by atoms with Crippen LogP contribution in [-0.4, -0.2) is 22.9 Å². The second-order valence-electron chi connectivity index (χ2n) is 6.75. The van der Waals surface area contributed by atoms with Gasteiger partial charge in [0, 0.05) is 12.7 Å². The molecule has 4 rings (SSSR count). The van der Waals surface area contributed by atoms with Gasteiger partial charge in [-0.2, -0.15) is 0 Å². The highest BCUT2D eigenvalue weighted by Crippen LogP contribution is 2.36. The molecule has 1 aliphatic heterocycles. The molecule has 1 aliphatic rings. The smallest absolute Gasteiger partial charge is 0.258 e. The van der Waals surface area contributed by atoms with Crippen LogP contribution in [0.2, 0.25) is 5.02 Å². The number of nitrogens with zero attached hydrogens (tertiary/aromatic N) is 2. The van der Waals surface area contributed by atoms with E-state index in [1.807, 2.05) is 55.5 Å². The highest BCUT2D eigenvalue weighted by Gasteiger charge is 2.38. The standard InChI is InChI=1S/C22H20ClN3O2/c1-14-5-10-19(18(23)12-14)25-21-20-17(4-3-11-24-20)22(27)26(21)13-15-6-8-16(28-2)9-7-15/h3-12,21,25H,13H2,1-2H3/t21-/m1/s1. The molecule has 1 amide bonds. The van der Waals surface area contributed by atoms with E-state index in [0.29, 0.717) is 22.8 Å². The monoisotopic (exact) mass is 393 g/mol. The number of aryl methyl sites for hydroxylation is 1. The van der Waals surface area contributed by atoms with Gasteiger partial charge in [0.25, 0.3) is 5.91 Å². The lowest BCUT2D eigenvalue weighted by atomic mass is 10.2.